The van der Waals surface area contributed by atoms with Gasteiger partial charge in [-0.25, -0.2) is 0 Å². The molecule has 0 aromatic heterocycles. The van der Waals surface area contributed by atoms with Crippen LogP contribution in [0.1, 0.15) is 19.8 Å². The first-order valence-corrected chi connectivity index (χ1v) is 8.40. The zero-order chi connectivity index (χ0) is 14.2. The summed E-state index contributed by atoms with van der Waals surface area (Å²) in [6.07, 6.45) is 2.36. The molecule has 2 rings (SSSR count). The first-order valence-electron chi connectivity index (χ1n) is 7.41. The molecule has 4 heteroatoms. The maximum absolute atomic E-state index is 5.54. The third-order valence-corrected chi connectivity index (χ3v) is 4.77. The minimum absolute atomic E-state index is 0.536. The van der Waals surface area contributed by atoms with E-state index >= 15 is 0 Å². The number of methoxy groups -OCH3 is 1. The summed E-state index contributed by atoms with van der Waals surface area (Å²) in [5, 5.41) is 3.68. The Morgan fingerprint density at radius 1 is 1.50 bits per heavy atom. The summed E-state index contributed by atoms with van der Waals surface area (Å²) >= 11 is 1.90. The number of hydrogen-bond acceptors (Lipinski definition) is 4. The average molecular weight is 295 g/mol. The van der Waals surface area contributed by atoms with Crippen molar-refractivity contribution in [2.45, 2.75) is 30.7 Å². The van der Waals surface area contributed by atoms with Gasteiger partial charge in [0, 0.05) is 29.2 Å². The quantitative estimate of drug-likeness (QED) is 0.746. The van der Waals surface area contributed by atoms with Crippen LogP contribution in [-0.4, -0.2) is 38.7 Å². The predicted octanol–water partition coefficient (Wildman–Crippen LogP) is 3.19. The van der Waals surface area contributed by atoms with E-state index in [1.165, 1.54) is 17.7 Å². The molecule has 1 aliphatic heterocycles. The first-order chi connectivity index (χ1) is 9.83. The van der Waals surface area contributed by atoms with E-state index in [-0.39, 0.29) is 0 Å². The van der Waals surface area contributed by atoms with E-state index in [2.05, 4.69) is 24.4 Å². The lowest BCUT2D eigenvalue weighted by molar-refractivity contribution is 0.179. The molecule has 0 amide bonds. The van der Waals surface area contributed by atoms with Gasteiger partial charge in [-0.3, -0.25) is 0 Å². The lowest BCUT2D eigenvalue weighted by Crippen LogP contribution is -2.39. The van der Waals surface area contributed by atoms with Crippen molar-refractivity contribution in [1.82, 2.24) is 5.32 Å². The largest absolute Gasteiger partial charge is 0.497 e. The summed E-state index contributed by atoms with van der Waals surface area (Å²) in [7, 11) is 1.71. The van der Waals surface area contributed by atoms with Gasteiger partial charge in [-0.05, 0) is 37.6 Å². The number of ether oxygens (including phenoxy) is 2. The Morgan fingerprint density at radius 2 is 2.40 bits per heavy atom. The van der Waals surface area contributed by atoms with Crippen LogP contribution in [0.4, 0.5) is 0 Å². The Bertz CT molecular complexity index is 394. The summed E-state index contributed by atoms with van der Waals surface area (Å²) in [5.74, 6) is 2.67. The normalized spacial score (nSPS) is 20.0. The Labute approximate surface area is 126 Å². The smallest absolute Gasteiger partial charge is 0.119 e. The molecule has 2 unspecified atom stereocenters. The van der Waals surface area contributed by atoms with Crippen LogP contribution in [-0.2, 0) is 4.74 Å². The van der Waals surface area contributed by atoms with Gasteiger partial charge in [-0.1, -0.05) is 13.0 Å². The van der Waals surface area contributed by atoms with Crippen molar-refractivity contribution in [2.75, 3.05) is 32.6 Å². The fourth-order valence-electron chi connectivity index (χ4n) is 2.44. The van der Waals surface area contributed by atoms with Crippen molar-refractivity contribution >= 4 is 11.8 Å². The molecule has 1 aromatic carbocycles. The number of nitrogens with one attached hydrogen (secondary N) is 1. The topological polar surface area (TPSA) is 30.5 Å². The molecule has 1 saturated heterocycles. The molecule has 0 saturated carbocycles. The van der Waals surface area contributed by atoms with Crippen molar-refractivity contribution < 1.29 is 9.47 Å². The van der Waals surface area contributed by atoms with Gasteiger partial charge >= 0.3 is 0 Å². The van der Waals surface area contributed by atoms with Gasteiger partial charge in [-0.2, -0.15) is 0 Å². The highest BCUT2D eigenvalue weighted by Crippen LogP contribution is 2.26. The molecule has 1 heterocycles. The van der Waals surface area contributed by atoms with Crippen LogP contribution in [0.15, 0.2) is 29.2 Å². The van der Waals surface area contributed by atoms with Crippen molar-refractivity contribution in [3.8, 4) is 5.75 Å². The van der Waals surface area contributed by atoms with Crippen molar-refractivity contribution in [1.29, 1.82) is 0 Å². The molecular weight excluding hydrogens is 270 g/mol. The fraction of sp³-hybridized carbons (Fsp3) is 0.625. The maximum Gasteiger partial charge on any atom is 0.119 e. The van der Waals surface area contributed by atoms with Gasteiger partial charge < -0.3 is 14.8 Å². The molecule has 0 bridgehead atoms. The van der Waals surface area contributed by atoms with Crippen molar-refractivity contribution in [3.63, 3.8) is 0 Å². The molecule has 1 N–H and O–H groups in total. The van der Waals surface area contributed by atoms with E-state index in [1.807, 2.05) is 23.9 Å². The van der Waals surface area contributed by atoms with E-state index in [4.69, 9.17) is 9.47 Å². The van der Waals surface area contributed by atoms with Crippen LogP contribution in [0.2, 0.25) is 0 Å². The SMILES string of the molecule is CCCNC(CSc1cccc(OC)c1)C1CCOC1. The molecule has 0 radical (unpaired) electrons. The molecule has 1 aliphatic rings. The van der Waals surface area contributed by atoms with E-state index in [9.17, 15) is 0 Å². The van der Waals surface area contributed by atoms with Gasteiger partial charge in [0.15, 0.2) is 0 Å². The maximum atomic E-state index is 5.54. The van der Waals surface area contributed by atoms with Crippen LogP contribution < -0.4 is 10.1 Å². The van der Waals surface area contributed by atoms with Crippen LogP contribution >= 0.6 is 11.8 Å². The van der Waals surface area contributed by atoms with Crippen molar-refractivity contribution in [2.24, 2.45) is 5.92 Å². The Kier molecular flexibility index (Phi) is 6.70. The molecule has 3 nitrogen and oxygen atoms in total. The minimum Gasteiger partial charge on any atom is -0.497 e. The van der Waals surface area contributed by atoms with E-state index < -0.39 is 0 Å². The number of benzene rings is 1. The van der Waals surface area contributed by atoms with Crippen molar-refractivity contribution in [3.05, 3.63) is 24.3 Å². The van der Waals surface area contributed by atoms with Gasteiger partial charge in [-0.15, -0.1) is 11.8 Å². The Balaban J connectivity index is 1.89. The van der Waals surface area contributed by atoms with E-state index in [0.717, 1.165) is 31.3 Å². The molecule has 2 atom stereocenters. The third kappa shape index (κ3) is 4.69. The number of rotatable bonds is 8. The van der Waals surface area contributed by atoms with E-state index in [1.54, 1.807) is 7.11 Å². The van der Waals surface area contributed by atoms with Crippen LogP contribution in [0.25, 0.3) is 0 Å². The fourth-order valence-corrected chi connectivity index (χ4v) is 3.57. The third-order valence-electron chi connectivity index (χ3n) is 3.66. The summed E-state index contributed by atoms with van der Waals surface area (Å²) in [6.45, 7) is 5.11. The molecule has 0 aliphatic carbocycles. The zero-order valence-corrected chi connectivity index (χ0v) is 13.2. The van der Waals surface area contributed by atoms with E-state index in [0.29, 0.717) is 12.0 Å². The molecular formula is C16H25NO2S. The second-order valence-corrected chi connectivity index (χ2v) is 6.27. The molecule has 20 heavy (non-hydrogen) atoms. The molecule has 0 spiro atoms. The lowest BCUT2D eigenvalue weighted by Gasteiger charge is -2.23. The summed E-state index contributed by atoms with van der Waals surface area (Å²) in [5.41, 5.74) is 0. The summed E-state index contributed by atoms with van der Waals surface area (Å²) in [4.78, 5) is 1.27. The highest BCUT2D eigenvalue weighted by Gasteiger charge is 2.25. The average Bonchev–Trinajstić information content (AvgIpc) is 3.02. The monoisotopic (exact) mass is 295 g/mol. The summed E-state index contributed by atoms with van der Waals surface area (Å²) < 4.78 is 10.8. The standard InChI is InChI=1S/C16H25NO2S/c1-3-8-17-16(13-7-9-19-11-13)12-20-15-6-4-5-14(10-15)18-2/h4-6,10,13,16-17H,3,7-9,11-12H2,1-2H3. The van der Waals surface area contributed by atoms with Crippen LogP contribution in [0.3, 0.4) is 0 Å². The molecule has 1 aromatic rings. The Hall–Kier alpha value is -0.710. The zero-order valence-electron chi connectivity index (χ0n) is 12.4. The Morgan fingerprint density at radius 3 is 3.10 bits per heavy atom. The predicted molar refractivity (Wildman–Crippen MR) is 84.7 cm³/mol. The second-order valence-electron chi connectivity index (χ2n) is 5.17. The molecule has 112 valence electrons. The highest BCUT2D eigenvalue weighted by atomic mass is 32.2. The van der Waals surface area contributed by atoms with Gasteiger partial charge in [0.25, 0.3) is 0 Å². The number of thioether (sulfide) groups is 1. The van der Waals surface area contributed by atoms with Gasteiger partial charge in [0.1, 0.15) is 5.75 Å². The van der Waals surface area contributed by atoms with Gasteiger partial charge in [0.2, 0.25) is 0 Å². The summed E-state index contributed by atoms with van der Waals surface area (Å²) in [6, 6.07) is 8.83. The van der Waals surface area contributed by atoms with Crippen LogP contribution in [0.5, 0.6) is 5.75 Å². The van der Waals surface area contributed by atoms with Crippen LogP contribution in [0, 0.1) is 5.92 Å². The van der Waals surface area contributed by atoms with Gasteiger partial charge in [0.05, 0.1) is 13.7 Å². The highest BCUT2D eigenvalue weighted by molar-refractivity contribution is 7.99. The minimum atomic E-state index is 0.536. The molecule has 1 fully saturated rings. The second kappa shape index (κ2) is 8.55. The lowest BCUT2D eigenvalue weighted by atomic mass is 10.0. The number of hydrogen-bond donors (Lipinski definition) is 1. The first kappa shape index (κ1) is 15.7.